The molecule has 0 N–H and O–H groups in total. The van der Waals surface area contributed by atoms with Gasteiger partial charge in [-0.15, -0.1) is 0 Å². The van der Waals surface area contributed by atoms with Gasteiger partial charge in [0.25, 0.3) is 0 Å². The van der Waals surface area contributed by atoms with Gasteiger partial charge in [0, 0.05) is 50.6 Å². The van der Waals surface area contributed by atoms with Crippen molar-refractivity contribution in [2.24, 2.45) is 0 Å². The Hall–Kier alpha value is -2.00. The van der Waals surface area contributed by atoms with Gasteiger partial charge in [-0.1, -0.05) is 76.9 Å². The van der Waals surface area contributed by atoms with E-state index in [0.29, 0.717) is 0 Å². The summed E-state index contributed by atoms with van der Waals surface area (Å²) in [4.78, 5) is 7.33. The van der Waals surface area contributed by atoms with Crippen molar-refractivity contribution in [3.63, 3.8) is 0 Å². The summed E-state index contributed by atoms with van der Waals surface area (Å²) < 4.78 is 0. The first-order valence-electron chi connectivity index (χ1n) is 13.4. The molecule has 0 atom stereocenters. The molecule has 3 heteroatoms. The molecular formula is C30H53N3. The van der Waals surface area contributed by atoms with Crippen LogP contribution in [0.3, 0.4) is 0 Å². The van der Waals surface area contributed by atoms with Gasteiger partial charge >= 0.3 is 0 Å². The second kappa shape index (κ2) is 19.5. The number of benzene rings is 2. The van der Waals surface area contributed by atoms with Crippen LogP contribution >= 0.6 is 0 Å². The van der Waals surface area contributed by atoms with E-state index in [9.17, 15) is 0 Å². The zero-order chi connectivity index (χ0) is 25.1. The van der Waals surface area contributed by atoms with Crippen molar-refractivity contribution in [3.05, 3.63) is 59.7 Å². The maximum atomic E-state index is 2.49. The first-order valence-corrected chi connectivity index (χ1v) is 13.4. The van der Waals surface area contributed by atoms with Crippen LogP contribution in [-0.2, 0) is 0 Å². The number of hydrogen-bond acceptors (Lipinski definition) is 3. The Labute approximate surface area is 206 Å². The van der Waals surface area contributed by atoms with Crippen molar-refractivity contribution in [1.82, 2.24) is 4.90 Å². The molecule has 2 aliphatic heterocycles. The lowest BCUT2D eigenvalue weighted by molar-refractivity contribution is 0.313. The quantitative estimate of drug-likeness (QED) is 0.457. The molecule has 2 fully saturated rings. The highest BCUT2D eigenvalue weighted by Gasteiger charge is 2.13. The summed E-state index contributed by atoms with van der Waals surface area (Å²) in [7, 11) is 2.19. The van der Waals surface area contributed by atoms with E-state index in [1.165, 1.54) is 67.9 Å². The molecule has 0 aliphatic carbocycles. The molecule has 0 radical (unpaired) electrons. The van der Waals surface area contributed by atoms with E-state index in [2.05, 4.69) is 84.1 Å². The van der Waals surface area contributed by atoms with Gasteiger partial charge in [0.1, 0.15) is 0 Å². The van der Waals surface area contributed by atoms with Crippen LogP contribution in [0.25, 0.3) is 0 Å². The molecular weight excluding hydrogens is 402 g/mol. The lowest BCUT2D eigenvalue weighted by atomic mass is 10.1. The summed E-state index contributed by atoms with van der Waals surface area (Å²) in [6, 6.07) is 17.7. The predicted octanol–water partition coefficient (Wildman–Crippen LogP) is 7.81. The van der Waals surface area contributed by atoms with E-state index in [4.69, 9.17) is 0 Å². The normalized spacial score (nSPS) is 15.3. The topological polar surface area (TPSA) is 9.72 Å². The molecule has 33 heavy (non-hydrogen) atoms. The first kappa shape index (κ1) is 31.0. The zero-order valence-corrected chi connectivity index (χ0v) is 23.3. The molecule has 2 aliphatic rings. The first-order chi connectivity index (χ1) is 16.1. The standard InChI is InChI=1S/C12H18N2.C12H17N.3C2H6/c1-11-3-5-12(6-4-11)14-9-7-13(2)8-10-14;1-11-5-7-12(8-6-11)13-9-3-2-4-10-13;3*1-2/h3-6H,7-10H2,1-2H3;5-8H,2-4,9-10H2,1H3;3*1-2H3. The predicted molar refractivity (Wildman–Crippen MR) is 152 cm³/mol. The van der Waals surface area contributed by atoms with Crippen molar-refractivity contribution in [2.45, 2.75) is 74.7 Å². The third-order valence-corrected chi connectivity index (χ3v) is 5.66. The van der Waals surface area contributed by atoms with E-state index < -0.39 is 0 Å². The average molecular weight is 456 g/mol. The summed E-state index contributed by atoms with van der Waals surface area (Å²) in [5.74, 6) is 0. The van der Waals surface area contributed by atoms with Gasteiger partial charge in [0.15, 0.2) is 0 Å². The van der Waals surface area contributed by atoms with Crippen molar-refractivity contribution in [2.75, 3.05) is 56.1 Å². The largest absolute Gasteiger partial charge is 0.372 e. The molecule has 0 unspecified atom stereocenters. The van der Waals surface area contributed by atoms with Gasteiger partial charge in [-0.05, 0) is 64.4 Å². The number of rotatable bonds is 2. The summed E-state index contributed by atoms with van der Waals surface area (Å²) in [5.41, 5.74) is 5.44. The lowest BCUT2D eigenvalue weighted by Gasteiger charge is -2.34. The van der Waals surface area contributed by atoms with Crippen LogP contribution in [0.1, 0.15) is 71.9 Å². The van der Waals surface area contributed by atoms with Crippen LogP contribution in [0.2, 0.25) is 0 Å². The summed E-state index contributed by atoms with van der Waals surface area (Å²) in [6.45, 7) is 23.4. The van der Waals surface area contributed by atoms with Crippen LogP contribution in [-0.4, -0.2) is 51.2 Å². The minimum Gasteiger partial charge on any atom is -0.372 e. The monoisotopic (exact) mass is 455 g/mol. The second-order valence-corrected chi connectivity index (χ2v) is 8.01. The smallest absolute Gasteiger partial charge is 0.0367 e. The third kappa shape index (κ3) is 12.1. The fraction of sp³-hybridized carbons (Fsp3) is 0.600. The molecule has 2 aromatic rings. The van der Waals surface area contributed by atoms with Crippen LogP contribution in [0.15, 0.2) is 48.5 Å². The molecule has 4 rings (SSSR count). The van der Waals surface area contributed by atoms with Crippen molar-refractivity contribution in [1.29, 1.82) is 0 Å². The Bertz CT molecular complexity index is 665. The average Bonchev–Trinajstić information content (AvgIpc) is 2.90. The van der Waals surface area contributed by atoms with Crippen LogP contribution in [0.4, 0.5) is 11.4 Å². The molecule has 0 spiro atoms. The Kier molecular flexibility index (Phi) is 18.3. The molecule has 0 aromatic heterocycles. The van der Waals surface area contributed by atoms with Crippen LogP contribution in [0, 0.1) is 13.8 Å². The zero-order valence-electron chi connectivity index (χ0n) is 23.3. The SMILES string of the molecule is CC.CC.CC.Cc1ccc(N2CCCCC2)cc1.Cc1ccc(N2CCN(C)CC2)cc1. The number of piperazine rings is 1. The Balaban J connectivity index is 0.000000508. The Morgan fingerprint density at radius 3 is 1.15 bits per heavy atom. The molecule has 0 amide bonds. The van der Waals surface area contributed by atoms with E-state index in [0.717, 1.165) is 13.1 Å². The molecule has 0 bridgehead atoms. The van der Waals surface area contributed by atoms with E-state index >= 15 is 0 Å². The molecule has 2 saturated heterocycles. The number of piperidine rings is 1. The summed E-state index contributed by atoms with van der Waals surface area (Å²) in [6.07, 6.45) is 4.12. The van der Waals surface area contributed by atoms with E-state index in [-0.39, 0.29) is 0 Å². The van der Waals surface area contributed by atoms with Gasteiger partial charge in [-0.3, -0.25) is 0 Å². The van der Waals surface area contributed by atoms with Crippen LogP contribution < -0.4 is 9.80 Å². The number of nitrogens with zero attached hydrogens (tertiary/aromatic N) is 3. The van der Waals surface area contributed by atoms with E-state index in [1.807, 2.05) is 41.5 Å². The molecule has 2 heterocycles. The van der Waals surface area contributed by atoms with Gasteiger partial charge < -0.3 is 14.7 Å². The van der Waals surface area contributed by atoms with Crippen LogP contribution in [0.5, 0.6) is 0 Å². The second-order valence-electron chi connectivity index (χ2n) is 8.01. The fourth-order valence-corrected chi connectivity index (χ4v) is 3.73. The van der Waals surface area contributed by atoms with Gasteiger partial charge in [-0.25, -0.2) is 0 Å². The van der Waals surface area contributed by atoms with Crippen molar-refractivity contribution in [3.8, 4) is 0 Å². The highest BCUT2D eigenvalue weighted by molar-refractivity contribution is 5.48. The molecule has 0 saturated carbocycles. The highest BCUT2D eigenvalue weighted by atomic mass is 15.2. The van der Waals surface area contributed by atoms with Gasteiger partial charge in [0.05, 0.1) is 0 Å². The molecule has 3 nitrogen and oxygen atoms in total. The van der Waals surface area contributed by atoms with E-state index in [1.54, 1.807) is 0 Å². The lowest BCUT2D eigenvalue weighted by Crippen LogP contribution is -2.44. The number of hydrogen-bond donors (Lipinski definition) is 0. The minimum absolute atomic E-state index is 1.15. The molecule has 2 aromatic carbocycles. The fourth-order valence-electron chi connectivity index (χ4n) is 3.73. The number of likely N-dealkylation sites (N-methyl/N-ethyl adjacent to an activating group) is 1. The Morgan fingerprint density at radius 1 is 0.455 bits per heavy atom. The number of aryl methyl sites for hydroxylation is 2. The molecule has 188 valence electrons. The van der Waals surface area contributed by atoms with Crippen molar-refractivity contribution >= 4 is 11.4 Å². The Morgan fingerprint density at radius 2 is 0.788 bits per heavy atom. The summed E-state index contributed by atoms with van der Waals surface area (Å²) in [5, 5.41) is 0. The van der Waals surface area contributed by atoms with Gasteiger partial charge in [-0.2, -0.15) is 0 Å². The maximum Gasteiger partial charge on any atom is 0.0367 e. The summed E-state index contributed by atoms with van der Waals surface area (Å²) >= 11 is 0. The maximum absolute atomic E-state index is 2.49. The number of anilines is 2. The van der Waals surface area contributed by atoms with Crippen molar-refractivity contribution < 1.29 is 0 Å². The van der Waals surface area contributed by atoms with Gasteiger partial charge in [0.2, 0.25) is 0 Å². The third-order valence-electron chi connectivity index (χ3n) is 5.66. The minimum atomic E-state index is 1.15. The highest BCUT2D eigenvalue weighted by Crippen LogP contribution is 2.19.